The third-order valence-electron chi connectivity index (χ3n) is 2.78. The number of rotatable bonds is 3. The molecule has 0 bridgehead atoms. The number of nitriles is 1. The van der Waals surface area contributed by atoms with Crippen molar-refractivity contribution >= 4 is 43.5 Å². The number of nitrogens with one attached hydrogen (secondary N) is 1. The van der Waals surface area contributed by atoms with Crippen LogP contribution in [0.15, 0.2) is 45.3 Å². The van der Waals surface area contributed by atoms with Gasteiger partial charge in [-0.25, -0.2) is 0 Å². The van der Waals surface area contributed by atoms with Crippen LogP contribution in [0.1, 0.15) is 15.9 Å². The number of halogens is 2. The van der Waals surface area contributed by atoms with Gasteiger partial charge in [-0.1, -0.05) is 22.0 Å². The Labute approximate surface area is 139 Å². The molecule has 0 aromatic heterocycles. The number of methoxy groups -OCH3 is 1. The third kappa shape index (κ3) is 3.43. The molecule has 2 aromatic carbocycles. The molecule has 0 atom stereocenters. The van der Waals surface area contributed by atoms with Gasteiger partial charge in [0.2, 0.25) is 0 Å². The standard InChI is InChI=1S/C15H10Br2N2O2/c1-21-13-4-2-3-9(8-18)14(13)19-15(20)11-6-5-10(16)7-12(11)17/h2-7H,1H3,(H,19,20). The van der Waals surface area contributed by atoms with Gasteiger partial charge >= 0.3 is 0 Å². The molecular weight excluding hydrogens is 400 g/mol. The number of ether oxygens (including phenoxy) is 1. The lowest BCUT2D eigenvalue weighted by atomic mass is 10.1. The fourth-order valence-electron chi connectivity index (χ4n) is 1.78. The summed E-state index contributed by atoms with van der Waals surface area (Å²) in [5.41, 5.74) is 1.17. The highest BCUT2D eigenvalue weighted by molar-refractivity contribution is 9.11. The average Bonchev–Trinajstić information content (AvgIpc) is 2.47. The fraction of sp³-hybridized carbons (Fsp3) is 0.0667. The Bertz CT molecular complexity index is 739. The van der Waals surface area contributed by atoms with Crippen molar-refractivity contribution in [2.24, 2.45) is 0 Å². The van der Waals surface area contributed by atoms with E-state index in [1.807, 2.05) is 6.07 Å². The van der Waals surface area contributed by atoms with E-state index in [1.165, 1.54) is 7.11 Å². The van der Waals surface area contributed by atoms with Gasteiger partial charge in [0.15, 0.2) is 0 Å². The molecule has 0 spiro atoms. The molecule has 0 unspecified atom stereocenters. The van der Waals surface area contributed by atoms with Crippen LogP contribution >= 0.6 is 31.9 Å². The van der Waals surface area contributed by atoms with Gasteiger partial charge in [-0.15, -0.1) is 0 Å². The molecule has 0 aliphatic rings. The van der Waals surface area contributed by atoms with E-state index in [0.717, 1.165) is 4.47 Å². The Kier molecular flexibility index (Phi) is 4.99. The van der Waals surface area contributed by atoms with Gasteiger partial charge in [-0.3, -0.25) is 4.79 Å². The predicted octanol–water partition coefficient (Wildman–Crippen LogP) is 4.34. The lowest BCUT2D eigenvalue weighted by Crippen LogP contribution is -2.14. The van der Waals surface area contributed by atoms with Crippen LogP contribution in [0, 0.1) is 11.3 Å². The van der Waals surface area contributed by atoms with Crippen LogP contribution in [0.4, 0.5) is 5.69 Å². The van der Waals surface area contributed by atoms with Crippen molar-refractivity contribution in [2.75, 3.05) is 12.4 Å². The maximum Gasteiger partial charge on any atom is 0.256 e. The van der Waals surface area contributed by atoms with Crippen LogP contribution in [0.3, 0.4) is 0 Å². The molecule has 0 heterocycles. The highest BCUT2D eigenvalue weighted by Crippen LogP contribution is 2.29. The monoisotopic (exact) mass is 408 g/mol. The first kappa shape index (κ1) is 15.5. The Balaban J connectivity index is 2.38. The first-order valence-electron chi connectivity index (χ1n) is 5.90. The second-order valence-electron chi connectivity index (χ2n) is 4.07. The number of carbonyl (C=O) groups is 1. The van der Waals surface area contributed by atoms with Gasteiger partial charge < -0.3 is 10.1 Å². The van der Waals surface area contributed by atoms with Gasteiger partial charge in [0.05, 0.1) is 18.2 Å². The first-order chi connectivity index (χ1) is 10.1. The molecule has 106 valence electrons. The topological polar surface area (TPSA) is 62.1 Å². The van der Waals surface area contributed by atoms with Crippen molar-refractivity contribution in [1.82, 2.24) is 0 Å². The molecule has 0 saturated carbocycles. The van der Waals surface area contributed by atoms with Crippen LogP contribution in [0.5, 0.6) is 5.75 Å². The van der Waals surface area contributed by atoms with E-state index >= 15 is 0 Å². The Morgan fingerprint density at radius 3 is 2.67 bits per heavy atom. The minimum atomic E-state index is -0.324. The quantitative estimate of drug-likeness (QED) is 0.819. The second kappa shape index (κ2) is 6.74. The molecule has 2 aromatic rings. The van der Waals surface area contributed by atoms with E-state index in [4.69, 9.17) is 10.00 Å². The normalized spacial score (nSPS) is 9.81. The summed E-state index contributed by atoms with van der Waals surface area (Å²) in [6.45, 7) is 0. The van der Waals surface area contributed by atoms with Crippen molar-refractivity contribution < 1.29 is 9.53 Å². The summed E-state index contributed by atoms with van der Waals surface area (Å²) >= 11 is 6.68. The predicted molar refractivity (Wildman–Crippen MR) is 87.5 cm³/mol. The van der Waals surface area contributed by atoms with Crippen LogP contribution in [-0.2, 0) is 0 Å². The van der Waals surface area contributed by atoms with Gasteiger partial charge in [0, 0.05) is 8.95 Å². The molecule has 0 fully saturated rings. The smallest absolute Gasteiger partial charge is 0.256 e. The highest BCUT2D eigenvalue weighted by atomic mass is 79.9. The fourth-order valence-corrected chi connectivity index (χ4v) is 3.00. The number of benzene rings is 2. The number of hydrogen-bond donors (Lipinski definition) is 1. The highest BCUT2D eigenvalue weighted by Gasteiger charge is 2.15. The zero-order valence-corrected chi connectivity index (χ0v) is 14.2. The number of anilines is 1. The summed E-state index contributed by atoms with van der Waals surface area (Å²) in [6.07, 6.45) is 0. The van der Waals surface area contributed by atoms with E-state index in [9.17, 15) is 4.79 Å². The minimum absolute atomic E-state index is 0.324. The van der Waals surface area contributed by atoms with Crippen molar-refractivity contribution in [2.45, 2.75) is 0 Å². The van der Waals surface area contributed by atoms with E-state index < -0.39 is 0 Å². The lowest BCUT2D eigenvalue weighted by Gasteiger charge is -2.12. The maximum atomic E-state index is 12.4. The molecule has 0 aliphatic carbocycles. The van der Waals surface area contributed by atoms with Crippen LogP contribution in [-0.4, -0.2) is 13.0 Å². The molecule has 21 heavy (non-hydrogen) atoms. The second-order valence-corrected chi connectivity index (χ2v) is 5.84. The van der Waals surface area contributed by atoms with Crippen LogP contribution in [0.2, 0.25) is 0 Å². The van der Waals surface area contributed by atoms with Gasteiger partial charge in [-0.05, 0) is 46.3 Å². The zero-order valence-electron chi connectivity index (χ0n) is 11.0. The Hall–Kier alpha value is -1.84. The first-order valence-corrected chi connectivity index (χ1v) is 7.49. The summed E-state index contributed by atoms with van der Waals surface area (Å²) in [6, 6.07) is 12.3. The zero-order chi connectivity index (χ0) is 15.4. The number of amides is 1. The van der Waals surface area contributed by atoms with Crippen molar-refractivity contribution in [3.8, 4) is 11.8 Å². The molecule has 0 saturated heterocycles. The molecule has 0 aliphatic heterocycles. The molecule has 1 N–H and O–H groups in total. The lowest BCUT2D eigenvalue weighted by molar-refractivity contribution is 0.102. The summed E-state index contributed by atoms with van der Waals surface area (Å²) < 4.78 is 6.71. The average molecular weight is 410 g/mol. The van der Waals surface area contributed by atoms with Gasteiger partial charge in [0.1, 0.15) is 17.5 Å². The number of nitrogens with zero attached hydrogens (tertiary/aromatic N) is 1. The maximum absolute atomic E-state index is 12.4. The van der Waals surface area contributed by atoms with Crippen LogP contribution < -0.4 is 10.1 Å². The van der Waals surface area contributed by atoms with E-state index in [1.54, 1.807) is 36.4 Å². The van der Waals surface area contributed by atoms with Gasteiger partial charge in [-0.2, -0.15) is 5.26 Å². The number of para-hydroxylation sites is 1. The Morgan fingerprint density at radius 2 is 2.05 bits per heavy atom. The van der Waals surface area contributed by atoms with Crippen molar-refractivity contribution in [3.63, 3.8) is 0 Å². The summed E-state index contributed by atoms with van der Waals surface area (Å²) in [4.78, 5) is 12.4. The third-order valence-corrected chi connectivity index (χ3v) is 3.93. The molecule has 2 rings (SSSR count). The summed E-state index contributed by atoms with van der Waals surface area (Å²) in [5.74, 6) is 0.117. The van der Waals surface area contributed by atoms with Crippen molar-refractivity contribution in [1.29, 1.82) is 5.26 Å². The van der Waals surface area contributed by atoms with E-state index in [2.05, 4.69) is 37.2 Å². The molecule has 1 amide bonds. The molecule has 6 heteroatoms. The molecular formula is C15H10Br2N2O2. The summed E-state index contributed by atoms with van der Waals surface area (Å²) in [5, 5.41) is 11.9. The Morgan fingerprint density at radius 1 is 1.29 bits per heavy atom. The van der Waals surface area contributed by atoms with E-state index in [0.29, 0.717) is 27.0 Å². The van der Waals surface area contributed by atoms with Crippen LogP contribution in [0.25, 0.3) is 0 Å². The minimum Gasteiger partial charge on any atom is -0.495 e. The number of carbonyl (C=O) groups excluding carboxylic acids is 1. The SMILES string of the molecule is COc1cccc(C#N)c1NC(=O)c1ccc(Br)cc1Br. The molecule has 4 nitrogen and oxygen atoms in total. The largest absolute Gasteiger partial charge is 0.495 e. The van der Waals surface area contributed by atoms with E-state index in [-0.39, 0.29) is 5.91 Å². The van der Waals surface area contributed by atoms with Crippen molar-refractivity contribution in [3.05, 3.63) is 56.5 Å². The summed E-state index contributed by atoms with van der Waals surface area (Å²) in [7, 11) is 1.49. The molecule has 0 radical (unpaired) electrons. The number of hydrogen-bond acceptors (Lipinski definition) is 3. The van der Waals surface area contributed by atoms with Gasteiger partial charge in [0.25, 0.3) is 5.91 Å².